The largest absolute Gasteiger partial charge is 0.361 e. The Morgan fingerprint density at radius 2 is 2.27 bits per heavy atom. The Labute approximate surface area is 90.3 Å². The summed E-state index contributed by atoms with van der Waals surface area (Å²) >= 11 is 6.00. The van der Waals surface area contributed by atoms with E-state index in [1.54, 1.807) is 12.3 Å². The second kappa shape index (κ2) is 3.74. The van der Waals surface area contributed by atoms with Gasteiger partial charge in [-0.15, -0.1) is 0 Å². The predicted octanol–water partition coefficient (Wildman–Crippen LogP) is 3.07. The first-order chi connectivity index (χ1) is 7.18. The number of nitrogens with zero attached hydrogens (tertiary/aromatic N) is 1. The number of H-pyrrole nitrogens is 1. The number of hydrogen-bond donors (Lipinski definition) is 1. The van der Waals surface area contributed by atoms with Crippen LogP contribution < -0.4 is 0 Å². The number of benzene rings is 1. The highest BCUT2D eigenvalue weighted by atomic mass is 35.5. The van der Waals surface area contributed by atoms with E-state index in [0.29, 0.717) is 10.6 Å². The molecule has 0 atom stereocenters. The zero-order chi connectivity index (χ0) is 10.8. The number of nitrogens with one attached hydrogen (secondary N) is 1. The third kappa shape index (κ3) is 1.85. The smallest absolute Gasteiger partial charge is 0.235 e. The van der Waals surface area contributed by atoms with E-state index in [0.717, 1.165) is 17.1 Å². The van der Waals surface area contributed by atoms with Crippen LogP contribution in [0.15, 0.2) is 30.6 Å². The molecule has 0 aliphatic carbocycles. The first kappa shape index (κ1) is 9.73. The standard InChI is InChI=1S/C10H7ClN2O2/c11-8-2-1-3-9-10(8)7(6-12-9)4-5-13(14)15/h1-6,12H/b5-4+. The van der Waals surface area contributed by atoms with Crippen LogP contribution in [0.1, 0.15) is 5.56 Å². The molecule has 2 aromatic rings. The number of aromatic nitrogens is 1. The predicted molar refractivity (Wildman–Crippen MR) is 59.3 cm³/mol. The second-order valence-electron chi connectivity index (χ2n) is 3.01. The van der Waals surface area contributed by atoms with Gasteiger partial charge in [0.25, 0.3) is 0 Å². The van der Waals surface area contributed by atoms with Crippen molar-refractivity contribution in [1.29, 1.82) is 0 Å². The molecular weight excluding hydrogens is 216 g/mol. The van der Waals surface area contributed by atoms with Crippen LogP contribution in [0.2, 0.25) is 5.02 Å². The van der Waals surface area contributed by atoms with E-state index in [9.17, 15) is 10.1 Å². The molecule has 0 aliphatic heterocycles. The third-order valence-electron chi connectivity index (χ3n) is 2.06. The second-order valence-corrected chi connectivity index (χ2v) is 3.41. The van der Waals surface area contributed by atoms with Gasteiger partial charge in [-0.3, -0.25) is 10.1 Å². The molecule has 0 aliphatic rings. The Kier molecular flexibility index (Phi) is 2.43. The van der Waals surface area contributed by atoms with Gasteiger partial charge in [-0.2, -0.15) is 0 Å². The van der Waals surface area contributed by atoms with Crippen molar-refractivity contribution >= 4 is 28.6 Å². The Hall–Kier alpha value is -1.81. The molecule has 15 heavy (non-hydrogen) atoms. The molecule has 0 fully saturated rings. The van der Waals surface area contributed by atoms with Crippen LogP contribution in [-0.2, 0) is 0 Å². The summed E-state index contributed by atoms with van der Waals surface area (Å²) in [4.78, 5) is 12.7. The van der Waals surface area contributed by atoms with Gasteiger partial charge < -0.3 is 4.98 Å². The third-order valence-corrected chi connectivity index (χ3v) is 2.38. The molecule has 0 saturated carbocycles. The lowest BCUT2D eigenvalue weighted by molar-refractivity contribution is -0.400. The van der Waals surface area contributed by atoms with Crippen LogP contribution in [0, 0.1) is 10.1 Å². The molecule has 1 N–H and O–H groups in total. The highest BCUT2D eigenvalue weighted by Crippen LogP contribution is 2.27. The number of fused-ring (bicyclic) bond motifs is 1. The highest BCUT2D eigenvalue weighted by Gasteiger charge is 2.05. The average molecular weight is 223 g/mol. The Morgan fingerprint density at radius 3 is 3.00 bits per heavy atom. The summed E-state index contributed by atoms with van der Waals surface area (Å²) in [5, 5.41) is 11.6. The minimum atomic E-state index is -0.504. The van der Waals surface area contributed by atoms with Gasteiger partial charge in [-0.1, -0.05) is 17.7 Å². The maximum absolute atomic E-state index is 10.2. The number of halogens is 1. The van der Waals surface area contributed by atoms with E-state index < -0.39 is 4.92 Å². The van der Waals surface area contributed by atoms with Gasteiger partial charge in [-0.25, -0.2) is 0 Å². The zero-order valence-electron chi connectivity index (χ0n) is 7.61. The van der Waals surface area contributed by atoms with Crippen LogP contribution >= 0.6 is 11.6 Å². The highest BCUT2D eigenvalue weighted by molar-refractivity contribution is 6.36. The lowest BCUT2D eigenvalue weighted by atomic mass is 10.2. The minimum absolute atomic E-state index is 0.504. The van der Waals surface area contributed by atoms with Crippen molar-refractivity contribution in [2.45, 2.75) is 0 Å². The van der Waals surface area contributed by atoms with E-state index in [-0.39, 0.29) is 0 Å². The van der Waals surface area contributed by atoms with Crippen molar-refractivity contribution in [3.05, 3.63) is 51.3 Å². The summed E-state index contributed by atoms with van der Waals surface area (Å²) in [6.07, 6.45) is 4.01. The van der Waals surface area contributed by atoms with E-state index in [1.165, 1.54) is 6.08 Å². The molecule has 4 nitrogen and oxygen atoms in total. The van der Waals surface area contributed by atoms with Gasteiger partial charge in [-0.05, 0) is 12.1 Å². The van der Waals surface area contributed by atoms with Crippen molar-refractivity contribution < 1.29 is 4.92 Å². The SMILES string of the molecule is O=[N+]([O-])/C=C/c1c[nH]c2cccc(Cl)c12. The van der Waals surface area contributed by atoms with Crippen molar-refractivity contribution in [3.8, 4) is 0 Å². The molecule has 0 amide bonds. The lowest BCUT2D eigenvalue weighted by Gasteiger charge is -1.94. The van der Waals surface area contributed by atoms with Crippen LogP contribution in [0.5, 0.6) is 0 Å². The van der Waals surface area contributed by atoms with Gasteiger partial charge in [0.05, 0.1) is 9.95 Å². The average Bonchev–Trinajstić information content (AvgIpc) is 2.59. The fourth-order valence-corrected chi connectivity index (χ4v) is 1.72. The van der Waals surface area contributed by atoms with Crippen LogP contribution in [-0.4, -0.2) is 9.91 Å². The Bertz CT molecular complexity index is 545. The summed E-state index contributed by atoms with van der Waals surface area (Å²) in [5.74, 6) is 0. The molecule has 5 heteroatoms. The van der Waals surface area contributed by atoms with E-state index in [4.69, 9.17) is 11.6 Å². The summed E-state index contributed by atoms with van der Waals surface area (Å²) in [7, 11) is 0. The molecule has 76 valence electrons. The molecular formula is C10H7ClN2O2. The van der Waals surface area contributed by atoms with E-state index >= 15 is 0 Å². The quantitative estimate of drug-likeness (QED) is 0.627. The Balaban J connectivity index is 2.57. The van der Waals surface area contributed by atoms with E-state index in [1.807, 2.05) is 12.1 Å². The lowest BCUT2D eigenvalue weighted by Crippen LogP contribution is -1.81. The summed E-state index contributed by atoms with van der Waals surface area (Å²) in [6, 6.07) is 5.44. The van der Waals surface area contributed by atoms with Crippen LogP contribution in [0.4, 0.5) is 0 Å². The molecule has 0 saturated heterocycles. The fraction of sp³-hybridized carbons (Fsp3) is 0. The zero-order valence-corrected chi connectivity index (χ0v) is 8.36. The maximum atomic E-state index is 10.2. The van der Waals surface area contributed by atoms with Crippen molar-refractivity contribution in [2.24, 2.45) is 0 Å². The molecule has 1 aromatic carbocycles. The monoisotopic (exact) mass is 222 g/mol. The van der Waals surface area contributed by atoms with Gasteiger partial charge in [0.1, 0.15) is 0 Å². The van der Waals surface area contributed by atoms with Crippen molar-refractivity contribution in [2.75, 3.05) is 0 Å². The summed E-state index contributed by atoms with van der Waals surface area (Å²) in [6.45, 7) is 0. The van der Waals surface area contributed by atoms with Gasteiger partial charge in [0.2, 0.25) is 6.20 Å². The maximum Gasteiger partial charge on any atom is 0.235 e. The summed E-state index contributed by atoms with van der Waals surface area (Å²) in [5.41, 5.74) is 1.58. The van der Waals surface area contributed by atoms with Crippen LogP contribution in [0.25, 0.3) is 17.0 Å². The number of hydrogen-bond acceptors (Lipinski definition) is 2. The van der Waals surface area contributed by atoms with Gasteiger partial charge in [0.15, 0.2) is 0 Å². The van der Waals surface area contributed by atoms with Crippen LogP contribution in [0.3, 0.4) is 0 Å². The molecule has 0 unspecified atom stereocenters. The number of aromatic amines is 1. The number of rotatable bonds is 2. The number of nitro groups is 1. The van der Waals surface area contributed by atoms with Gasteiger partial charge in [0, 0.05) is 28.7 Å². The fourth-order valence-electron chi connectivity index (χ4n) is 1.44. The Morgan fingerprint density at radius 1 is 1.47 bits per heavy atom. The van der Waals surface area contributed by atoms with Crippen molar-refractivity contribution in [1.82, 2.24) is 4.98 Å². The molecule has 1 heterocycles. The van der Waals surface area contributed by atoms with E-state index in [2.05, 4.69) is 4.98 Å². The molecule has 0 spiro atoms. The minimum Gasteiger partial charge on any atom is -0.361 e. The molecule has 0 radical (unpaired) electrons. The summed E-state index contributed by atoms with van der Waals surface area (Å²) < 4.78 is 0. The first-order valence-electron chi connectivity index (χ1n) is 4.26. The van der Waals surface area contributed by atoms with Crippen molar-refractivity contribution in [3.63, 3.8) is 0 Å². The molecule has 0 bridgehead atoms. The first-order valence-corrected chi connectivity index (χ1v) is 4.63. The van der Waals surface area contributed by atoms with Gasteiger partial charge >= 0.3 is 0 Å². The molecule has 2 rings (SSSR count). The normalized spacial score (nSPS) is 11.3. The topological polar surface area (TPSA) is 58.9 Å². The molecule has 1 aromatic heterocycles.